The van der Waals surface area contributed by atoms with Crippen molar-refractivity contribution in [2.75, 3.05) is 4.90 Å². The summed E-state index contributed by atoms with van der Waals surface area (Å²) in [6.07, 6.45) is 0.596. The standard InChI is InChI=1S/C16H15BrN2O/c17-13-6-7-15-12(8-13)9-14(18)16(20)19(15)10-11-4-2-1-3-5-11/h1-8,14H,9-10,18H2. The number of hydrogen-bond donors (Lipinski definition) is 1. The van der Waals surface area contributed by atoms with Gasteiger partial charge in [0.15, 0.2) is 0 Å². The lowest BCUT2D eigenvalue weighted by molar-refractivity contribution is -0.120. The van der Waals surface area contributed by atoms with Gasteiger partial charge in [0.05, 0.1) is 12.6 Å². The van der Waals surface area contributed by atoms with E-state index in [9.17, 15) is 4.79 Å². The Balaban J connectivity index is 1.99. The lowest BCUT2D eigenvalue weighted by Crippen LogP contribution is -2.48. The maximum absolute atomic E-state index is 12.4. The Morgan fingerprint density at radius 3 is 2.70 bits per heavy atom. The molecule has 1 amide bonds. The van der Waals surface area contributed by atoms with Crippen LogP contribution in [0.15, 0.2) is 53.0 Å². The zero-order valence-electron chi connectivity index (χ0n) is 10.9. The Morgan fingerprint density at radius 2 is 1.95 bits per heavy atom. The number of hydrogen-bond acceptors (Lipinski definition) is 2. The van der Waals surface area contributed by atoms with E-state index in [0.717, 1.165) is 21.3 Å². The smallest absolute Gasteiger partial charge is 0.244 e. The van der Waals surface area contributed by atoms with Crippen LogP contribution in [-0.4, -0.2) is 11.9 Å². The first-order valence-corrected chi connectivity index (χ1v) is 7.34. The van der Waals surface area contributed by atoms with Crippen molar-refractivity contribution in [2.24, 2.45) is 5.73 Å². The van der Waals surface area contributed by atoms with Crippen molar-refractivity contribution >= 4 is 27.5 Å². The molecular weight excluding hydrogens is 316 g/mol. The topological polar surface area (TPSA) is 46.3 Å². The first-order chi connectivity index (χ1) is 9.65. The van der Waals surface area contributed by atoms with Crippen LogP contribution in [-0.2, 0) is 17.8 Å². The monoisotopic (exact) mass is 330 g/mol. The molecule has 1 aliphatic rings. The molecule has 0 aliphatic carbocycles. The fraction of sp³-hybridized carbons (Fsp3) is 0.188. The van der Waals surface area contributed by atoms with Gasteiger partial charge < -0.3 is 10.6 Å². The van der Waals surface area contributed by atoms with Gasteiger partial charge in [-0.1, -0.05) is 46.3 Å². The minimum atomic E-state index is -0.458. The molecule has 20 heavy (non-hydrogen) atoms. The maximum Gasteiger partial charge on any atom is 0.244 e. The van der Waals surface area contributed by atoms with E-state index < -0.39 is 6.04 Å². The summed E-state index contributed by atoms with van der Waals surface area (Å²) >= 11 is 3.47. The highest BCUT2D eigenvalue weighted by Gasteiger charge is 2.30. The second-order valence-electron chi connectivity index (χ2n) is 4.99. The van der Waals surface area contributed by atoms with E-state index in [1.807, 2.05) is 48.5 Å². The lowest BCUT2D eigenvalue weighted by Gasteiger charge is -2.33. The summed E-state index contributed by atoms with van der Waals surface area (Å²) in [5.74, 6) is -0.0105. The molecule has 0 saturated carbocycles. The molecule has 3 rings (SSSR count). The third kappa shape index (κ3) is 2.49. The molecule has 0 saturated heterocycles. The highest BCUT2D eigenvalue weighted by Crippen LogP contribution is 2.31. The van der Waals surface area contributed by atoms with E-state index in [1.54, 1.807) is 4.90 Å². The van der Waals surface area contributed by atoms with E-state index in [2.05, 4.69) is 15.9 Å². The van der Waals surface area contributed by atoms with Crippen LogP contribution in [0, 0.1) is 0 Å². The van der Waals surface area contributed by atoms with Crippen molar-refractivity contribution in [3.8, 4) is 0 Å². The number of fused-ring (bicyclic) bond motifs is 1. The van der Waals surface area contributed by atoms with E-state index in [4.69, 9.17) is 5.73 Å². The predicted octanol–water partition coefficient (Wildman–Crippen LogP) is 2.87. The number of carbonyl (C=O) groups excluding carboxylic acids is 1. The minimum Gasteiger partial charge on any atom is -0.320 e. The molecule has 0 spiro atoms. The van der Waals surface area contributed by atoms with Crippen LogP contribution in [0.5, 0.6) is 0 Å². The van der Waals surface area contributed by atoms with Gasteiger partial charge in [-0.3, -0.25) is 4.79 Å². The number of nitrogens with zero attached hydrogens (tertiary/aromatic N) is 1. The second-order valence-corrected chi connectivity index (χ2v) is 5.91. The van der Waals surface area contributed by atoms with E-state index in [1.165, 1.54) is 0 Å². The molecule has 1 atom stereocenters. The fourth-order valence-electron chi connectivity index (χ4n) is 2.55. The zero-order chi connectivity index (χ0) is 14.1. The molecule has 2 aromatic carbocycles. The summed E-state index contributed by atoms with van der Waals surface area (Å²) < 4.78 is 1.01. The lowest BCUT2D eigenvalue weighted by atomic mass is 9.97. The molecule has 0 fully saturated rings. The van der Waals surface area contributed by atoms with Gasteiger partial charge in [-0.15, -0.1) is 0 Å². The van der Waals surface area contributed by atoms with Gasteiger partial charge in [-0.2, -0.15) is 0 Å². The van der Waals surface area contributed by atoms with Crippen LogP contribution < -0.4 is 10.6 Å². The van der Waals surface area contributed by atoms with Crippen LogP contribution in [0.3, 0.4) is 0 Å². The molecule has 1 unspecified atom stereocenters. The molecule has 2 N–H and O–H groups in total. The Hall–Kier alpha value is -1.65. The van der Waals surface area contributed by atoms with Crippen molar-refractivity contribution in [1.82, 2.24) is 0 Å². The molecule has 0 aromatic heterocycles. The highest BCUT2D eigenvalue weighted by atomic mass is 79.9. The van der Waals surface area contributed by atoms with Gasteiger partial charge in [-0.25, -0.2) is 0 Å². The van der Waals surface area contributed by atoms with Crippen LogP contribution in [0.4, 0.5) is 5.69 Å². The average Bonchev–Trinajstić information content (AvgIpc) is 2.45. The summed E-state index contributed by atoms with van der Waals surface area (Å²) in [6.45, 7) is 0.558. The maximum atomic E-state index is 12.4. The largest absolute Gasteiger partial charge is 0.320 e. The number of benzene rings is 2. The number of halogens is 1. The Morgan fingerprint density at radius 1 is 1.20 bits per heavy atom. The molecular formula is C16H15BrN2O. The number of carbonyl (C=O) groups is 1. The number of nitrogens with two attached hydrogens (primary N) is 1. The van der Waals surface area contributed by atoms with Gasteiger partial charge in [0.1, 0.15) is 0 Å². The number of anilines is 1. The zero-order valence-corrected chi connectivity index (χ0v) is 12.5. The van der Waals surface area contributed by atoms with Crippen LogP contribution in [0.2, 0.25) is 0 Å². The summed E-state index contributed by atoms with van der Waals surface area (Å²) in [6, 6.07) is 15.5. The average molecular weight is 331 g/mol. The second kappa shape index (κ2) is 5.38. The van der Waals surface area contributed by atoms with Crippen LogP contribution in [0.25, 0.3) is 0 Å². The quantitative estimate of drug-likeness (QED) is 0.920. The Bertz CT molecular complexity index is 642. The third-order valence-corrected chi connectivity index (χ3v) is 4.03. The van der Waals surface area contributed by atoms with Crippen molar-refractivity contribution in [1.29, 1.82) is 0 Å². The normalized spacial score (nSPS) is 18.0. The molecule has 102 valence electrons. The number of rotatable bonds is 2. The number of amides is 1. The van der Waals surface area contributed by atoms with Crippen molar-refractivity contribution in [2.45, 2.75) is 19.0 Å². The molecule has 4 heteroatoms. The predicted molar refractivity (Wildman–Crippen MR) is 83.5 cm³/mol. The van der Waals surface area contributed by atoms with Gasteiger partial charge in [0.25, 0.3) is 0 Å². The Labute approximate surface area is 126 Å². The Kier molecular flexibility index (Phi) is 3.59. The highest BCUT2D eigenvalue weighted by molar-refractivity contribution is 9.10. The molecule has 0 bridgehead atoms. The van der Waals surface area contributed by atoms with E-state index in [0.29, 0.717) is 13.0 Å². The third-order valence-electron chi connectivity index (χ3n) is 3.54. The fourth-order valence-corrected chi connectivity index (χ4v) is 2.96. The minimum absolute atomic E-state index is 0.0105. The molecule has 2 aromatic rings. The summed E-state index contributed by atoms with van der Waals surface area (Å²) in [7, 11) is 0. The van der Waals surface area contributed by atoms with E-state index >= 15 is 0 Å². The van der Waals surface area contributed by atoms with Crippen molar-refractivity contribution in [3.63, 3.8) is 0 Å². The van der Waals surface area contributed by atoms with Gasteiger partial charge in [0, 0.05) is 10.2 Å². The summed E-state index contributed by atoms with van der Waals surface area (Å²) in [4.78, 5) is 14.1. The van der Waals surface area contributed by atoms with Crippen LogP contribution >= 0.6 is 15.9 Å². The van der Waals surface area contributed by atoms with Gasteiger partial charge >= 0.3 is 0 Å². The SMILES string of the molecule is NC1Cc2cc(Br)ccc2N(Cc2ccccc2)C1=O. The molecule has 3 nitrogen and oxygen atoms in total. The first-order valence-electron chi connectivity index (χ1n) is 6.54. The van der Waals surface area contributed by atoms with Gasteiger partial charge in [-0.05, 0) is 35.7 Å². The van der Waals surface area contributed by atoms with Crippen molar-refractivity contribution < 1.29 is 4.79 Å². The first kappa shape index (κ1) is 13.3. The van der Waals surface area contributed by atoms with Crippen molar-refractivity contribution in [3.05, 3.63) is 64.1 Å². The molecule has 1 heterocycles. The van der Waals surface area contributed by atoms with Crippen LogP contribution in [0.1, 0.15) is 11.1 Å². The van der Waals surface area contributed by atoms with E-state index in [-0.39, 0.29) is 5.91 Å². The van der Waals surface area contributed by atoms with Gasteiger partial charge in [0.2, 0.25) is 5.91 Å². The summed E-state index contributed by atoms with van der Waals surface area (Å²) in [5.41, 5.74) is 9.16. The molecule has 0 radical (unpaired) electrons. The summed E-state index contributed by atoms with van der Waals surface area (Å²) in [5, 5.41) is 0. The molecule has 1 aliphatic heterocycles.